The molecule has 1 fully saturated rings. The average Bonchev–Trinajstić information content (AvgIpc) is 2.67. The van der Waals surface area contributed by atoms with Crippen molar-refractivity contribution in [3.63, 3.8) is 0 Å². The number of rotatable bonds is 8. The quantitative estimate of drug-likeness (QED) is 0.557. The zero-order valence-corrected chi connectivity index (χ0v) is 15.2. The van der Waals surface area contributed by atoms with Gasteiger partial charge in [-0.15, -0.1) is 0 Å². The highest BCUT2D eigenvalue weighted by Gasteiger charge is 2.20. The number of nitrogens with zero attached hydrogens (tertiary/aromatic N) is 2. The van der Waals surface area contributed by atoms with E-state index in [1.807, 2.05) is 0 Å². The number of nitrogens with one attached hydrogen (secondary N) is 1. The van der Waals surface area contributed by atoms with Gasteiger partial charge in [0.05, 0.1) is 13.2 Å². The smallest absolute Gasteiger partial charge is 0.319 e. The van der Waals surface area contributed by atoms with Crippen LogP contribution in [0.5, 0.6) is 11.5 Å². The number of aromatic hydroxyl groups is 1. The van der Waals surface area contributed by atoms with Gasteiger partial charge in [-0.2, -0.15) is 0 Å². The van der Waals surface area contributed by atoms with E-state index in [0.717, 1.165) is 6.07 Å². The predicted octanol–water partition coefficient (Wildman–Crippen LogP) is 0.384. The molecule has 0 radical (unpaired) electrons. The van der Waals surface area contributed by atoms with Crippen molar-refractivity contribution in [2.45, 2.75) is 6.10 Å². The van der Waals surface area contributed by atoms with Crippen LogP contribution in [0.4, 0.5) is 13.6 Å². The second kappa shape index (κ2) is 10.2. The maximum absolute atomic E-state index is 13.5. The molecule has 3 N–H and O–H groups in total. The largest absolute Gasteiger partial charge is 0.505 e. The minimum atomic E-state index is -1.01. The van der Waals surface area contributed by atoms with Gasteiger partial charge < -0.3 is 34.8 Å². The molecule has 0 aliphatic carbocycles. The van der Waals surface area contributed by atoms with E-state index in [1.54, 1.807) is 16.8 Å². The van der Waals surface area contributed by atoms with E-state index in [-0.39, 0.29) is 24.9 Å². The van der Waals surface area contributed by atoms with Gasteiger partial charge >= 0.3 is 6.03 Å². The van der Waals surface area contributed by atoms with E-state index in [0.29, 0.717) is 45.5 Å². The first-order valence-electron chi connectivity index (χ1n) is 8.66. The van der Waals surface area contributed by atoms with Gasteiger partial charge in [0.1, 0.15) is 12.7 Å². The molecule has 1 aromatic carbocycles. The van der Waals surface area contributed by atoms with Crippen molar-refractivity contribution in [2.24, 2.45) is 0 Å². The molecule has 1 aliphatic heterocycles. The molecule has 1 saturated heterocycles. The van der Waals surface area contributed by atoms with E-state index in [9.17, 15) is 18.7 Å². The van der Waals surface area contributed by atoms with Crippen LogP contribution in [0, 0.1) is 11.6 Å². The lowest BCUT2D eigenvalue weighted by atomic mass is 10.3. The summed E-state index contributed by atoms with van der Waals surface area (Å²) in [5, 5.41) is 21.9. The first-order valence-corrected chi connectivity index (χ1v) is 8.66. The molecule has 8 nitrogen and oxygen atoms in total. The van der Waals surface area contributed by atoms with Gasteiger partial charge in [-0.1, -0.05) is 0 Å². The van der Waals surface area contributed by atoms with E-state index < -0.39 is 23.5 Å². The Morgan fingerprint density at radius 1 is 1.37 bits per heavy atom. The lowest BCUT2D eigenvalue weighted by Gasteiger charge is -2.31. The molecule has 1 aromatic rings. The summed E-state index contributed by atoms with van der Waals surface area (Å²) in [6.45, 7) is 3.01. The van der Waals surface area contributed by atoms with Gasteiger partial charge in [0, 0.05) is 51.9 Å². The van der Waals surface area contributed by atoms with Crippen LogP contribution in [0.25, 0.3) is 0 Å². The number of benzene rings is 1. The Hall–Kier alpha value is -2.17. The van der Waals surface area contributed by atoms with Gasteiger partial charge in [0.15, 0.2) is 23.1 Å². The number of morpholine rings is 1. The molecule has 152 valence electrons. The molecule has 1 heterocycles. The zero-order valence-electron chi connectivity index (χ0n) is 15.2. The van der Waals surface area contributed by atoms with Crippen LogP contribution in [-0.2, 0) is 4.74 Å². The van der Waals surface area contributed by atoms with Crippen molar-refractivity contribution in [1.29, 1.82) is 0 Å². The number of amides is 2. The zero-order chi connectivity index (χ0) is 19.8. The molecule has 27 heavy (non-hydrogen) atoms. The Kier molecular flexibility index (Phi) is 8.01. The molecule has 0 aromatic heterocycles. The van der Waals surface area contributed by atoms with Crippen molar-refractivity contribution in [3.8, 4) is 11.5 Å². The third kappa shape index (κ3) is 6.49. The van der Waals surface area contributed by atoms with Crippen LogP contribution in [0.3, 0.4) is 0 Å². The Bertz CT molecular complexity index is 629. The maximum Gasteiger partial charge on any atom is 0.319 e. The second-order valence-electron chi connectivity index (χ2n) is 6.21. The summed E-state index contributed by atoms with van der Waals surface area (Å²) < 4.78 is 36.9. The van der Waals surface area contributed by atoms with Crippen LogP contribution >= 0.6 is 0 Å². The van der Waals surface area contributed by atoms with Gasteiger partial charge in [-0.05, 0) is 0 Å². The first kappa shape index (κ1) is 21.1. The van der Waals surface area contributed by atoms with E-state index in [2.05, 4.69) is 5.32 Å². The predicted molar refractivity (Wildman–Crippen MR) is 92.8 cm³/mol. The Morgan fingerprint density at radius 3 is 2.78 bits per heavy atom. The molecule has 1 atom stereocenters. The molecular formula is C17H25F2N3O5. The Morgan fingerprint density at radius 2 is 2.07 bits per heavy atom. The normalized spacial score (nSPS) is 15.5. The first-order chi connectivity index (χ1) is 12.9. The van der Waals surface area contributed by atoms with Crippen molar-refractivity contribution in [1.82, 2.24) is 15.1 Å². The number of carbonyl (C=O) groups excluding carboxylic acids is 1. The average molecular weight is 389 g/mol. The lowest BCUT2D eigenvalue weighted by molar-refractivity contribution is 0.0452. The van der Waals surface area contributed by atoms with Crippen LogP contribution in [0.15, 0.2) is 12.1 Å². The molecule has 0 spiro atoms. The highest BCUT2D eigenvalue weighted by Crippen LogP contribution is 2.25. The van der Waals surface area contributed by atoms with Crippen LogP contribution < -0.4 is 10.1 Å². The highest BCUT2D eigenvalue weighted by molar-refractivity contribution is 5.74. The maximum atomic E-state index is 13.5. The van der Waals surface area contributed by atoms with Crippen molar-refractivity contribution in [2.75, 3.05) is 59.6 Å². The van der Waals surface area contributed by atoms with Gasteiger partial charge in [-0.3, -0.25) is 0 Å². The number of urea groups is 1. The number of aliphatic hydroxyl groups is 1. The monoisotopic (exact) mass is 389 g/mol. The number of phenolic OH excluding ortho intramolecular Hbond substituents is 1. The fraction of sp³-hybridized carbons (Fsp3) is 0.588. The van der Waals surface area contributed by atoms with E-state index in [1.165, 1.54) is 0 Å². The van der Waals surface area contributed by atoms with Crippen molar-refractivity contribution >= 4 is 6.03 Å². The van der Waals surface area contributed by atoms with E-state index >= 15 is 0 Å². The summed E-state index contributed by atoms with van der Waals surface area (Å²) in [6, 6.07) is 1.25. The molecule has 1 aliphatic rings. The van der Waals surface area contributed by atoms with Crippen molar-refractivity contribution < 1.29 is 33.3 Å². The fourth-order valence-electron chi connectivity index (χ4n) is 2.48. The van der Waals surface area contributed by atoms with Crippen LogP contribution in [0.1, 0.15) is 0 Å². The number of hydrogen-bond donors (Lipinski definition) is 3. The Labute approximate surface area is 156 Å². The molecule has 0 saturated carbocycles. The SMILES string of the molecule is CN(CCNC[C@H](O)COc1cc(F)c(O)cc1F)C(=O)N1CCOCC1. The molecule has 2 rings (SSSR count). The summed E-state index contributed by atoms with van der Waals surface area (Å²) in [5.41, 5.74) is 0. The third-order valence-electron chi connectivity index (χ3n) is 4.04. The highest BCUT2D eigenvalue weighted by atomic mass is 19.1. The van der Waals surface area contributed by atoms with Crippen molar-refractivity contribution in [3.05, 3.63) is 23.8 Å². The standard InChI is InChI=1S/C17H25F2N3O5/c1-21(17(25)22-4-6-26-7-5-22)3-2-20-10-12(23)11-27-16-9-13(18)15(24)8-14(16)19/h8-9,12,20,23-24H,2-7,10-11H2,1H3/t12-/m0/s1. The summed E-state index contributed by atoms with van der Waals surface area (Å²) in [5.74, 6) is -3.12. The molecule has 2 amide bonds. The fourth-order valence-corrected chi connectivity index (χ4v) is 2.48. The molecule has 10 heteroatoms. The summed E-state index contributed by atoms with van der Waals surface area (Å²) in [7, 11) is 1.70. The summed E-state index contributed by atoms with van der Waals surface area (Å²) >= 11 is 0. The Balaban J connectivity index is 1.63. The summed E-state index contributed by atoms with van der Waals surface area (Å²) in [4.78, 5) is 15.5. The number of ether oxygens (including phenoxy) is 2. The second-order valence-corrected chi connectivity index (χ2v) is 6.21. The van der Waals surface area contributed by atoms with Gasteiger partial charge in [0.2, 0.25) is 0 Å². The molecule has 0 bridgehead atoms. The number of carbonyl (C=O) groups is 1. The van der Waals surface area contributed by atoms with E-state index in [4.69, 9.17) is 14.6 Å². The summed E-state index contributed by atoms with van der Waals surface area (Å²) in [6.07, 6.45) is -0.957. The third-order valence-corrected chi connectivity index (χ3v) is 4.04. The number of likely N-dealkylation sites (N-methyl/N-ethyl adjacent to an activating group) is 1. The topological polar surface area (TPSA) is 94.5 Å². The molecule has 0 unspecified atom stereocenters. The number of halogens is 2. The minimum absolute atomic E-state index is 0.0752. The van der Waals surface area contributed by atoms with Crippen LogP contribution in [-0.4, -0.2) is 91.7 Å². The number of aliphatic hydroxyl groups excluding tert-OH is 1. The van der Waals surface area contributed by atoms with Crippen LogP contribution in [0.2, 0.25) is 0 Å². The molecular weight excluding hydrogens is 364 g/mol. The lowest BCUT2D eigenvalue weighted by Crippen LogP contribution is -2.48. The van der Waals surface area contributed by atoms with Gasteiger partial charge in [-0.25, -0.2) is 13.6 Å². The minimum Gasteiger partial charge on any atom is -0.505 e. The number of hydrogen-bond acceptors (Lipinski definition) is 6. The number of phenols is 1. The van der Waals surface area contributed by atoms with Gasteiger partial charge in [0.25, 0.3) is 0 Å².